The molecule has 1 atom stereocenters. The van der Waals surface area contributed by atoms with E-state index in [0.29, 0.717) is 13.1 Å². The van der Waals surface area contributed by atoms with Gasteiger partial charge in [0.1, 0.15) is 0 Å². The molecule has 1 aliphatic rings. The first kappa shape index (κ1) is 20.9. The predicted molar refractivity (Wildman–Crippen MR) is 99.3 cm³/mol. The van der Waals surface area contributed by atoms with Gasteiger partial charge in [0.25, 0.3) is 0 Å². The summed E-state index contributed by atoms with van der Waals surface area (Å²) in [6.07, 6.45) is 12.9. The van der Waals surface area contributed by atoms with Crippen molar-refractivity contribution in [1.82, 2.24) is 9.21 Å². The Balaban J connectivity index is 2.60. The van der Waals surface area contributed by atoms with Crippen LogP contribution in [0, 0.1) is 0 Å². The lowest BCUT2D eigenvalue weighted by molar-refractivity contribution is 0.0489. The quantitative estimate of drug-likeness (QED) is 0.533. The molecule has 5 heteroatoms. The van der Waals surface area contributed by atoms with Crippen LogP contribution in [-0.2, 0) is 10.0 Å². The molecular weight excluding hydrogens is 308 g/mol. The number of unbranched alkanes of at least 4 members (excludes halogenated alkanes) is 5. The van der Waals surface area contributed by atoms with E-state index < -0.39 is 10.0 Å². The second-order valence-corrected chi connectivity index (χ2v) is 9.40. The van der Waals surface area contributed by atoms with Crippen LogP contribution >= 0.6 is 0 Å². The molecule has 138 valence electrons. The highest BCUT2D eigenvalue weighted by Crippen LogP contribution is 2.30. The average molecular weight is 347 g/mol. The van der Waals surface area contributed by atoms with Gasteiger partial charge in [0, 0.05) is 31.7 Å². The fourth-order valence-corrected chi connectivity index (χ4v) is 4.52. The van der Waals surface area contributed by atoms with E-state index in [9.17, 15) is 8.42 Å². The highest BCUT2D eigenvalue weighted by Gasteiger charge is 2.34. The van der Waals surface area contributed by atoms with Gasteiger partial charge in [0.15, 0.2) is 0 Å². The Morgan fingerprint density at radius 3 is 1.78 bits per heavy atom. The number of hydrogen-bond donors (Lipinski definition) is 0. The van der Waals surface area contributed by atoms with Crippen molar-refractivity contribution < 1.29 is 8.42 Å². The maximum Gasteiger partial charge on any atom is 0.211 e. The van der Waals surface area contributed by atoms with Crippen LogP contribution in [0.15, 0.2) is 0 Å². The van der Waals surface area contributed by atoms with Crippen LogP contribution in [0.1, 0.15) is 78.6 Å². The fraction of sp³-hybridized carbons (Fsp3) is 1.00. The molecule has 0 spiro atoms. The van der Waals surface area contributed by atoms with E-state index in [1.54, 1.807) is 4.31 Å². The lowest BCUT2D eigenvalue weighted by Crippen LogP contribution is -2.56. The first-order valence-corrected chi connectivity index (χ1v) is 11.4. The van der Waals surface area contributed by atoms with Crippen molar-refractivity contribution in [1.29, 1.82) is 0 Å². The Hall–Kier alpha value is -0.130. The summed E-state index contributed by atoms with van der Waals surface area (Å²) in [6.45, 7) is 9.97. The van der Waals surface area contributed by atoms with Gasteiger partial charge in [0.2, 0.25) is 10.0 Å². The monoisotopic (exact) mass is 346 g/mol. The summed E-state index contributed by atoms with van der Waals surface area (Å²) < 4.78 is 25.0. The summed E-state index contributed by atoms with van der Waals surface area (Å²) in [5, 5.41) is 0. The van der Waals surface area contributed by atoms with E-state index >= 15 is 0 Å². The first-order valence-electron chi connectivity index (χ1n) is 9.53. The third kappa shape index (κ3) is 7.10. The van der Waals surface area contributed by atoms with Gasteiger partial charge in [-0.15, -0.1) is 0 Å². The Morgan fingerprint density at radius 2 is 1.30 bits per heavy atom. The fourth-order valence-electron chi connectivity index (χ4n) is 3.69. The highest BCUT2D eigenvalue weighted by molar-refractivity contribution is 7.88. The minimum Gasteiger partial charge on any atom is -0.295 e. The number of hydrogen-bond acceptors (Lipinski definition) is 3. The minimum atomic E-state index is -3.03. The van der Waals surface area contributed by atoms with E-state index in [1.807, 2.05) is 0 Å². The first-order chi connectivity index (χ1) is 10.8. The van der Waals surface area contributed by atoms with Crippen LogP contribution in [-0.4, -0.2) is 55.6 Å². The number of sulfonamides is 1. The molecule has 0 N–H and O–H groups in total. The van der Waals surface area contributed by atoms with Crippen molar-refractivity contribution in [2.24, 2.45) is 0 Å². The molecule has 1 unspecified atom stereocenters. The number of nitrogens with zero attached hydrogens (tertiary/aromatic N) is 2. The Morgan fingerprint density at radius 1 is 0.826 bits per heavy atom. The van der Waals surface area contributed by atoms with Gasteiger partial charge in [-0.05, 0) is 19.8 Å². The van der Waals surface area contributed by atoms with E-state index in [1.165, 1.54) is 64.0 Å². The molecule has 4 nitrogen and oxygen atoms in total. The summed E-state index contributed by atoms with van der Waals surface area (Å²) in [6, 6.07) is 0. The summed E-state index contributed by atoms with van der Waals surface area (Å²) >= 11 is 0. The third-order valence-corrected chi connectivity index (χ3v) is 6.66. The average Bonchev–Trinajstić information content (AvgIpc) is 2.51. The number of piperazine rings is 1. The van der Waals surface area contributed by atoms with Gasteiger partial charge < -0.3 is 0 Å². The molecule has 0 aliphatic carbocycles. The molecule has 23 heavy (non-hydrogen) atoms. The minimum absolute atomic E-state index is 0.243. The normalized spacial score (nSPS) is 20.5. The van der Waals surface area contributed by atoms with Crippen LogP contribution in [0.5, 0.6) is 0 Å². The maximum absolute atomic E-state index is 11.7. The van der Waals surface area contributed by atoms with Gasteiger partial charge in [0.05, 0.1) is 6.26 Å². The molecule has 0 aromatic heterocycles. The molecule has 1 aliphatic heterocycles. The topological polar surface area (TPSA) is 40.6 Å². The van der Waals surface area contributed by atoms with E-state index in [4.69, 9.17) is 0 Å². The molecule has 1 rings (SSSR count). The van der Waals surface area contributed by atoms with Crippen LogP contribution < -0.4 is 0 Å². The van der Waals surface area contributed by atoms with Crippen molar-refractivity contribution >= 4 is 10.0 Å². The lowest BCUT2D eigenvalue weighted by atomic mass is 9.86. The molecule has 0 bridgehead atoms. The van der Waals surface area contributed by atoms with Crippen LogP contribution in [0.25, 0.3) is 0 Å². The maximum atomic E-state index is 11.7. The molecule has 0 aromatic carbocycles. The molecular formula is C18H38N2O2S. The Kier molecular flexibility index (Phi) is 9.09. The van der Waals surface area contributed by atoms with Gasteiger partial charge in [-0.2, -0.15) is 4.31 Å². The Labute approximate surface area is 144 Å². The van der Waals surface area contributed by atoms with E-state index in [2.05, 4.69) is 25.7 Å². The van der Waals surface area contributed by atoms with Crippen LogP contribution in [0.2, 0.25) is 0 Å². The largest absolute Gasteiger partial charge is 0.295 e. The van der Waals surface area contributed by atoms with Crippen molar-refractivity contribution in [3.05, 3.63) is 0 Å². The van der Waals surface area contributed by atoms with Crippen LogP contribution in [0.3, 0.4) is 0 Å². The zero-order valence-corrected chi connectivity index (χ0v) is 16.6. The molecule has 0 aromatic rings. The van der Waals surface area contributed by atoms with Gasteiger partial charge >= 0.3 is 0 Å². The van der Waals surface area contributed by atoms with Crippen LogP contribution in [0.4, 0.5) is 0 Å². The molecule has 1 fully saturated rings. The zero-order valence-electron chi connectivity index (χ0n) is 15.8. The number of rotatable bonds is 11. The van der Waals surface area contributed by atoms with Gasteiger partial charge in [-0.3, -0.25) is 4.90 Å². The van der Waals surface area contributed by atoms with E-state index in [0.717, 1.165) is 13.1 Å². The second-order valence-electron chi connectivity index (χ2n) is 7.41. The van der Waals surface area contributed by atoms with Crippen molar-refractivity contribution in [2.45, 2.75) is 84.1 Å². The molecule has 0 saturated carbocycles. The third-order valence-electron chi connectivity index (χ3n) is 5.36. The molecule has 1 heterocycles. The SMILES string of the molecule is CCCCCCC(C)(CCCCC)N1CCN(S(C)(=O)=O)CC1. The lowest BCUT2D eigenvalue weighted by Gasteiger charge is -2.46. The van der Waals surface area contributed by atoms with Gasteiger partial charge in [-0.1, -0.05) is 58.8 Å². The standard InChI is InChI=1S/C18H38N2O2S/c1-5-7-9-11-13-18(3,12-10-8-6-2)19-14-16-20(17-15-19)23(4,21)22/h5-17H2,1-4H3. The summed E-state index contributed by atoms with van der Waals surface area (Å²) in [4.78, 5) is 2.57. The summed E-state index contributed by atoms with van der Waals surface area (Å²) in [5.74, 6) is 0. The Bertz CT molecular complexity index is 417. The molecule has 0 amide bonds. The zero-order chi connectivity index (χ0) is 17.3. The molecule has 1 saturated heterocycles. The molecule has 0 radical (unpaired) electrons. The predicted octanol–water partition coefficient (Wildman–Crippen LogP) is 3.87. The van der Waals surface area contributed by atoms with E-state index in [-0.39, 0.29) is 5.54 Å². The summed E-state index contributed by atoms with van der Waals surface area (Å²) in [5.41, 5.74) is 0.243. The summed E-state index contributed by atoms with van der Waals surface area (Å²) in [7, 11) is -3.03. The van der Waals surface area contributed by atoms with Gasteiger partial charge in [-0.25, -0.2) is 8.42 Å². The van der Waals surface area contributed by atoms with Crippen molar-refractivity contribution in [3.8, 4) is 0 Å². The van der Waals surface area contributed by atoms with Crippen molar-refractivity contribution in [3.63, 3.8) is 0 Å². The highest BCUT2D eigenvalue weighted by atomic mass is 32.2. The van der Waals surface area contributed by atoms with Crippen molar-refractivity contribution in [2.75, 3.05) is 32.4 Å². The second kappa shape index (κ2) is 10.00. The smallest absolute Gasteiger partial charge is 0.211 e.